The molecule has 112 valence electrons. The number of hydrogen-bond donors (Lipinski definition) is 2. The number of rotatable bonds is 4. The molecule has 0 radical (unpaired) electrons. The van der Waals surface area contributed by atoms with E-state index in [2.05, 4.69) is 15.6 Å². The molecule has 1 heterocycles. The summed E-state index contributed by atoms with van der Waals surface area (Å²) in [6, 6.07) is 9.49. The SMILES string of the molecule is CC(C)(C)NC(=O)NCCOc1cccc2cccnc12. The van der Waals surface area contributed by atoms with Crippen molar-refractivity contribution in [1.82, 2.24) is 15.6 Å². The number of carbonyl (C=O) groups is 1. The minimum Gasteiger partial charge on any atom is -0.489 e. The molecule has 0 fully saturated rings. The molecule has 2 aromatic rings. The summed E-state index contributed by atoms with van der Waals surface area (Å²) in [5.74, 6) is 0.728. The average molecular weight is 287 g/mol. The summed E-state index contributed by atoms with van der Waals surface area (Å²) >= 11 is 0. The monoisotopic (exact) mass is 287 g/mol. The highest BCUT2D eigenvalue weighted by atomic mass is 16.5. The molecule has 2 rings (SSSR count). The third kappa shape index (κ3) is 4.63. The maximum absolute atomic E-state index is 11.6. The average Bonchev–Trinajstić information content (AvgIpc) is 2.42. The van der Waals surface area contributed by atoms with Gasteiger partial charge in [0.25, 0.3) is 0 Å². The Balaban J connectivity index is 1.84. The third-order valence-electron chi connectivity index (χ3n) is 2.73. The van der Waals surface area contributed by atoms with Crippen molar-refractivity contribution in [3.05, 3.63) is 36.5 Å². The number of fused-ring (bicyclic) bond motifs is 1. The van der Waals surface area contributed by atoms with Crippen LogP contribution in [0.5, 0.6) is 5.75 Å². The van der Waals surface area contributed by atoms with Crippen LogP contribution >= 0.6 is 0 Å². The molecule has 1 aromatic carbocycles. The molecule has 0 atom stereocenters. The number of amides is 2. The molecular weight excluding hydrogens is 266 g/mol. The van der Waals surface area contributed by atoms with Crippen LogP contribution in [0.3, 0.4) is 0 Å². The van der Waals surface area contributed by atoms with Gasteiger partial charge in [-0.25, -0.2) is 4.79 Å². The van der Waals surface area contributed by atoms with Gasteiger partial charge in [-0.15, -0.1) is 0 Å². The highest BCUT2D eigenvalue weighted by molar-refractivity contribution is 5.84. The van der Waals surface area contributed by atoms with Crippen molar-refractivity contribution >= 4 is 16.9 Å². The molecule has 2 amide bonds. The molecule has 0 aliphatic carbocycles. The number of ether oxygens (including phenoxy) is 1. The third-order valence-corrected chi connectivity index (χ3v) is 2.73. The lowest BCUT2D eigenvalue weighted by Gasteiger charge is -2.20. The van der Waals surface area contributed by atoms with Crippen LogP contribution in [0, 0.1) is 0 Å². The van der Waals surface area contributed by atoms with E-state index in [0.29, 0.717) is 13.2 Å². The Labute approximate surface area is 124 Å². The van der Waals surface area contributed by atoms with E-state index >= 15 is 0 Å². The van der Waals surface area contributed by atoms with Crippen LogP contribution < -0.4 is 15.4 Å². The second-order valence-corrected chi connectivity index (χ2v) is 5.81. The van der Waals surface area contributed by atoms with Crippen LogP contribution in [-0.4, -0.2) is 29.7 Å². The van der Waals surface area contributed by atoms with Crippen LogP contribution in [0.2, 0.25) is 0 Å². The molecule has 0 saturated carbocycles. The lowest BCUT2D eigenvalue weighted by Crippen LogP contribution is -2.47. The van der Waals surface area contributed by atoms with E-state index in [1.807, 2.05) is 51.1 Å². The van der Waals surface area contributed by atoms with Gasteiger partial charge in [-0.05, 0) is 32.9 Å². The van der Waals surface area contributed by atoms with Crippen molar-refractivity contribution < 1.29 is 9.53 Å². The Morgan fingerprint density at radius 1 is 1.24 bits per heavy atom. The first-order valence-corrected chi connectivity index (χ1v) is 6.98. The Kier molecular flexibility index (Phi) is 4.62. The molecule has 0 unspecified atom stereocenters. The van der Waals surface area contributed by atoms with Gasteiger partial charge in [-0.3, -0.25) is 4.98 Å². The van der Waals surface area contributed by atoms with Gasteiger partial charge < -0.3 is 15.4 Å². The first-order valence-electron chi connectivity index (χ1n) is 6.98. The summed E-state index contributed by atoms with van der Waals surface area (Å²) in [6.07, 6.45) is 1.74. The number of carbonyl (C=O) groups excluding carboxylic acids is 1. The standard InChI is InChI=1S/C16H21N3O2/c1-16(2,3)19-15(20)18-10-11-21-13-8-4-6-12-7-5-9-17-14(12)13/h4-9H,10-11H2,1-3H3,(H2,18,19,20). The number of hydrogen-bond acceptors (Lipinski definition) is 3. The van der Waals surface area contributed by atoms with Crippen LogP contribution in [0.4, 0.5) is 4.79 Å². The smallest absolute Gasteiger partial charge is 0.315 e. The number of nitrogens with zero attached hydrogens (tertiary/aromatic N) is 1. The summed E-state index contributed by atoms with van der Waals surface area (Å²) < 4.78 is 5.69. The molecule has 1 aromatic heterocycles. The van der Waals surface area contributed by atoms with Crippen molar-refractivity contribution in [2.45, 2.75) is 26.3 Å². The lowest BCUT2D eigenvalue weighted by molar-refractivity contribution is 0.228. The molecule has 0 bridgehead atoms. The number of aromatic nitrogens is 1. The molecule has 0 spiro atoms. The Hall–Kier alpha value is -2.30. The number of urea groups is 1. The molecule has 21 heavy (non-hydrogen) atoms. The molecule has 5 heteroatoms. The number of pyridine rings is 1. The van der Waals surface area contributed by atoms with E-state index in [4.69, 9.17) is 4.74 Å². The van der Waals surface area contributed by atoms with E-state index in [1.54, 1.807) is 6.20 Å². The number of benzene rings is 1. The zero-order chi connectivity index (χ0) is 15.3. The number of para-hydroxylation sites is 1. The van der Waals surface area contributed by atoms with Crippen LogP contribution in [-0.2, 0) is 0 Å². The fourth-order valence-electron chi connectivity index (χ4n) is 1.90. The summed E-state index contributed by atoms with van der Waals surface area (Å²) in [7, 11) is 0. The van der Waals surface area contributed by atoms with E-state index in [1.165, 1.54) is 0 Å². The normalized spacial score (nSPS) is 11.2. The molecule has 0 aliphatic heterocycles. The molecule has 5 nitrogen and oxygen atoms in total. The topological polar surface area (TPSA) is 63.2 Å². The number of nitrogens with one attached hydrogen (secondary N) is 2. The summed E-state index contributed by atoms with van der Waals surface area (Å²) in [5.41, 5.74) is 0.587. The Bertz CT molecular complexity index is 615. The van der Waals surface area contributed by atoms with Crippen molar-refractivity contribution in [2.75, 3.05) is 13.2 Å². The van der Waals surface area contributed by atoms with Crippen molar-refractivity contribution in [2.24, 2.45) is 0 Å². The maximum atomic E-state index is 11.6. The van der Waals surface area contributed by atoms with E-state index in [-0.39, 0.29) is 11.6 Å². The van der Waals surface area contributed by atoms with Crippen molar-refractivity contribution in [3.8, 4) is 5.75 Å². The first kappa shape index (κ1) is 15.1. The lowest BCUT2D eigenvalue weighted by atomic mass is 10.1. The molecule has 0 saturated heterocycles. The fourth-order valence-corrected chi connectivity index (χ4v) is 1.90. The Morgan fingerprint density at radius 2 is 2.00 bits per heavy atom. The van der Waals surface area contributed by atoms with Gasteiger partial charge in [0.15, 0.2) is 0 Å². The van der Waals surface area contributed by atoms with Crippen LogP contribution in [0.1, 0.15) is 20.8 Å². The summed E-state index contributed by atoms with van der Waals surface area (Å²) in [5, 5.41) is 6.63. The second kappa shape index (κ2) is 6.43. The highest BCUT2D eigenvalue weighted by Gasteiger charge is 2.12. The zero-order valence-corrected chi connectivity index (χ0v) is 12.6. The van der Waals surface area contributed by atoms with Crippen molar-refractivity contribution in [1.29, 1.82) is 0 Å². The van der Waals surface area contributed by atoms with Gasteiger partial charge in [-0.2, -0.15) is 0 Å². The fraction of sp³-hybridized carbons (Fsp3) is 0.375. The van der Waals surface area contributed by atoms with Gasteiger partial charge in [0.2, 0.25) is 0 Å². The van der Waals surface area contributed by atoms with Gasteiger partial charge >= 0.3 is 6.03 Å². The van der Waals surface area contributed by atoms with E-state index < -0.39 is 0 Å². The van der Waals surface area contributed by atoms with Gasteiger partial charge in [0.1, 0.15) is 17.9 Å². The van der Waals surface area contributed by atoms with E-state index in [0.717, 1.165) is 16.7 Å². The molecular formula is C16H21N3O2. The van der Waals surface area contributed by atoms with E-state index in [9.17, 15) is 4.79 Å². The maximum Gasteiger partial charge on any atom is 0.315 e. The van der Waals surface area contributed by atoms with Gasteiger partial charge in [0.05, 0.1) is 6.54 Å². The van der Waals surface area contributed by atoms with Crippen LogP contribution in [0.15, 0.2) is 36.5 Å². The second-order valence-electron chi connectivity index (χ2n) is 5.81. The zero-order valence-electron chi connectivity index (χ0n) is 12.6. The minimum atomic E-state index is -0.246. The summed E-state index contributed by atoms with van der Waals surface area (Å²) in [6.45, 7) is 6.64. The quantitative estimate of drug-likeness (QED) is 0.850. The molecule has 2 N–H and O–H groups in total. The predicted octanol–water partition coefficient (Wildman–Crippen LogP) is 2.71. The van der Waals surface area contributed by atoms with Crippen LogP contribution in [0.25, 0.3) is 10.9 Å². The largest absolute Gasteiger partial charge is 0.489 e. The predicted molar refractivity (Wildman–Crippen MR) is 83.5 cm³/mol. The Morgan fingerprint density at radius 3 is 2.76 bits per heavy atom. The summed E-state index contributed by atoms with van der Waals surface area (Å²) in [4.78, 5) is 15.9. The minimum absolute atomic E-state index is 0.192. The first-order chi connectivity index (χ1) is 9.96. The highest BCUT2D eigenvalue weighted by Crippen LogP contribution is 2.22. The molecule has 0 aliphatic rings. The van der Waals surface area contributed by atoms with Crippen molar-refractivity contribution in [3.63, 3.8) is 0 Å². The van der Waals surface area contributed by atoms with Gasteiger partial charge in [0, 0.05) is 17.1 Å². The van der Waals surface area contributed by atoms with Gasteiger partial charge in [-0.1, -0.05) is 18.2 Å².